The van der Waals surface area contributed by atoms with Crippen molar-refractivity contribution in [1.29, 1.82) is 0 Å². The molecule has 0 bridgehead atoms. The Morgan fingerprint density at radius 3 is 1.54 bits per heavy atom. The highest BCUT2D eigenvalue weighted by atomic mass is 31.2. The van der Waals surface area contributed by atoms with Gasteiger partial charge >= 0.3 is 0 Å². The topological polar surface area (TPSA) is 21.6 Å². The minimum absolute atomic E-state index is 1.32. The molecule has 0 N–H and O–H groups in total. The fourth-order valence-electron chi connectivity index (χ4n) is 1.41. The highest BCUT2D eigenvalue weighted by Gasteiger charge is 2.23. The van der Waals surface area contributed by atoms with Gasteiger partial charge in [0.25, 0.3) is 0 Å². The molecule has 0 saturated heterocycles. The van der Waals surface area contributed by atoms with Crippen LogP contribution in [0.4, 0.5) is 0 Å². The average Bonchev–Trinajstić information content (AvgIpc) is 1.43. The van der Waals surface area contributed by atoms with Crippen LogP contribution in [0.1, 0.15) is 0 Å². The van der Waals surface area contributed by atoms with Crippen LogP contribution in [0.3, 0.4) is 0 Å². The summed E-state index contributed by atoms with van der Waals surface area (Å²) in [7, 11) is -4.17. The fraction of sp³-hybridized carbons (Fsp3) is 1.00. The Kier molecular flexibility index (Phi) is 4.20. The summed E-state index contributed by atoms with van der Waals surface area (Å²) >= 11 is 0. The number of nitrogens with zero attached hydrogens (tertiary/aromatic N) is 1. The van der Waals surface area contributed by atoms with Gasteiger partial charge in [-0.15, -0.1) is 0 Å². The summed E-state index contributed by atoms with van der Waals surface area (Å²) in [6.07, 6.45) is 0. The predicted octanol–water partition coefficient (Wildman–Crippen LogP) is 4.05. The summed E-state index contributed by atoms with van der Waals surface area (Å²) in [6, 6.07) is 0. The van der Waals surface area contributed by atoms with Crippen molar-refractivity contribution in [1.82, 2.24) is 0 Å². The summed E-state index contributed by atoms with van der Waals surface area (Å²) in [5.41, 5.74) is 0. The molecule has 80 valence electrons. The van der Waals surface area contributed by atoms with Crippen molar-refractivity contribution in [3.8, 4) is 0 Å². The summed E-state index contributed by atoms with van der Waals surface area (Å²) in [4.78, 5) is 0. The third-order valence-corrected chi connectivity index (χ3v) is 9.34. The van der Waals surface area contributed by atoms with Gasteiger partial charge in [0.15, 0.2) is 16.6 Å². The SMILES string of the molecule is C[Si](C)(C)N=P(C)(C)O[Si](C)(C)C. The van der Waals surface area contributed by atoms with Crippen molar-refractivity contribution in [2.45, 2.75) is 39.3 Å². The van der Waals surface area contributed by atoms with Gasteiger partial charge in [-0.2, -0.15) is 0 Å². The van der Waals surface area contributed by atoms with Gasteiger partial charge in [-0.3, -0.25) is 0 Å². The van der Waals surface area contributed by atoms with Gasteiger partial charge in [0, 0.05) is 0 Å². The molecule has 13 heavy (non-hydrogen) atoms. The van der Waals surface area contributed by atoms with Crippen LogP contribution in [0.15, 0.2) is 4.41 Å². The third-order valence-electron chi connectivity index (χ3n) is 1.04. The van der Waals surface area contributed by atoms with E-state index in [1.54, 1.807) is 0 Å². The lowest BCUT2D eigenvalue weighted by molar-refractivity contribution is 0.617. The first kappa shape index (κ1) is 13.6. The van der Waals surface area contributed by atoms with E-state index in [9.17, 15) is 0 Å². The normalized spacial score (nSPS) is 14.5. The van der Waals surface area contributed by atoms with E-state index >= 15 is 0 Å². The maximum atomic E-state index is 6.12. The first-order chi connectivity index (χ1) is 5.41. The minimum atomic E-state index is -1.44. The maximum absolute atomic E-state index is 6.12. The molecule has 0 fully saturated rings. The van der Waals surface area contributed by atoms with Crippen LogP contribution in [0.5, 0.6) is 0 Å². The molecule has 0 radical (unpaired) electrons. The van der Waals surface area contributed by atoms with E-state index in [0.29, 0.717) is 0 Å². The molecule has 0 amide bonds. The summed E-state index contributed by atoms with van der Waals surface area (Å²) in [5.74, 6) is 0. The van der Waals surface area contributed by atoms with Crippen LogP contribution in [0, 0.1) is 0 Å². The van der Waals surface area contributed by atoms with Gasteiger partial charge in [-0.25, -0.2) is 0 Å². The second-order valence-electron chi connectivity index (χ2n) is 5.77. The largest absolute Gasteiger partial charge is 0.385 e. The lowest BCUT2D eigenvalue weighted by atomic mass is 11.8. The van der Waals surface area contributed by atoms with Gasteiger partial charge < -0.3 is 8.62 Å². The smallest absolute Gasteiger partial charge is 0.190 e. The molecule has 0 atom stereocenters. The van der Waals surface area contributed by atoms with E-state index in [-0.39, 0.29) is 0 Å². The molecule has 0 rings (SSSR count). The van der Waals surface area contributed by atoms with E-state index in [1.807, 2.05) is 0 Å². The molecule has 0 unspecified atom stereocenters. The number of hydrogen-bond donors (Lipinski definition) is 0. The van der Waals surface area contributed by atoms with Crippen LogP contribution < -0.4 is 0 Å². The maximum Gasteiger partial charge on any atom is 0.190 e. The van der Waals surface area contributed by atoms with Crippen molar-refractivity contribution in [2.75, 3.05) is 13.3 Å². The van der Waals surface area contributed by atoms with Gasteiger partial charge in [-0.05, 0) is 52.6 Å². The monoisotopic (exact) mass is 237 g/mol. The van der Waals surface area contributed by atoms with E-state index in [4.69, 9.17) is 8.62 Å². The van der Waals surface area contributed by atoms with Crippen LogP contribution in [-0.2, 0) is 4.21 Å². The molecule has 2 nitrogen and oxygen atoms in total. The zero-order valence-corrected chi connectivity index (χ0v) is 13.2. The molecule has 0 aliphatic heterocycles. The summed E-state index contributed by atoms with van der Waals surface area (Å²) in [6.45, 7) is 17.9. The molecular formula is C8H24NOPSi2. The first-order valence-corrected chi connectivity index (χ1v) is 14.1. The zero-order valence-electron chi connectivity index (χ0n) is 10.3. The van der Waals surface area contributed by atoms with E-state index in [0.717, 1.165) is 0 Å². The van der Waals surface area contributed by atoms with Gasteiger partial charge in [0.2, 0.25) is 0 Å². The lowest BCUT2D eigenvalue weighted by Gasteiger charge is -2.28. The molecule has 5 heteroatoms. The molecule has 0 aliphatic carbocycles. The Bertz CT molecular complexity index is 221. The van der Waals surface area contributed by atoms with Crippen molar-refractivity contribution in [3.63, 3.8) is 0 Å². The Morgan fingerprint density at radius 1 is 0.923 bits per heavy atom. The molecule has 0 heterocycles. The van der Waals surface area contributed by atoms with Gasteiger partial charge in [-0.1, -0.05) is 0 Å². The molecule has 0 spiro atoms. The van der Waals surface area contributed by atoms with Crippen LogP contribution in [-0.4, -0.2) is 29.9 Å². The molecule has 0 saturated carbocycles. The predicted molar refractivity (Wildman–Crippen MR) is 69.0 cm³/mol. The lowest BCUT2D eigenvalue weighted by Crippen LogP contribution is -2.25. The van der Waals surface area contributed by atoms with Crippen molar-refractivity contribution < 1.29 is 4.21 Å². The van der Waals surface area contributed by atoms with E-state index in [2.05, 4.69) is 52.6 Å². The van der Waals surface area contributed by atoms with E-state index in [1.165, 1.54) is 0 Å². The van der Waals surface area contributed by atoms with Crippen LogP contribution in [0.2, 0.25) is 39.3 Å². The Labute approximate surface area is 85.4 Å². The molecule has 0 aromatic carbocycles. The fourth-order valence-corrected chi connectivity index (χ4v) is 13.1. The number of rotatable bonds is 3. The highest BCUT2D eigenvalue weighted by Crippen LogP contribution is 2.46. The van der Waals surface area contributed by atoms with E-state index < -0.39 is 23.8 Å². The summed E-state index contributed by atoms with van der Waals surface area (Å²) < 4.78 is 11.0. The van der Waals surface area contributed by atoms with Gasteiger partial charge in [0.1, 0.15) is 0 Å². The second-order valence-corrected chi connectivity index (χ2v) is 18.5. The Hall–Kier alpha value is 0.624. The molecular weight excluding hydrogens is 213 g/mol. The molecule has 0 aromatic rings. The number of hydrogen-bond acceptors (Lipinski definition) is 2. The third kappa shape index (κ3) is 8.94. The Balaban J connectivity index is 4.68. The summed E-state index contributed by atoms with van der Waals surface area (Å²) in [5, 5.41) is 0. The average molecular weight is 237 g/mol. The highest BCUT2D eigenvalue weighted by molar-refractivity contribution is 7.62. The quantitative estimate of drug-likeness (QED) is 0.536. The van der Waals surface area contributed by atoms with Crippen molar-refractivity contribution in [2.24, 2.45) is 4.41 Å². The standard InChI is InChI=1S/C8H24NOPSi2/c1-11(2,9-12(3,4)5)10-13(6,7)8/h1-8H3. The minimum Gasteiger partial charge on any atom is -0.385 e. The van der Waals surface area contributed by atoms with Gasteiger partial charge in [0.05, 0.1) is 7.28 Å². The van der Waals surface area contributed by atoms with Crippen molar-refractivity contribution >= 4 is 23.8 Å². The van der Waals surface area contributed by atoms with Crippen molar-refractivity contribution in [3.05, 3.63) is 0 Å². The first-order valence-electron chi connectivity index (χ1n) is 4.70. The molecule has 0 aromatic heterocycles. The second kappa shape index (κ2) is 4.01. The van der Waals surface area contributed by atoms with Crippen LogP contribution in [0.25, 0.3) is 0 Å². The zero-order chi connectivity index (χ0) is 10.9. The molecule has 0 aliphatic rings. The van der Waals surface area contributed by atoms with Crippen LogP contribution >= 0.6 is 7.28 Å². The Morgan fingerprint density at radius 2 is 1.31 bits per heavy atom.